The molecule has 1 aliphatic heterocycles. The maximum atomic E-state index is 12.3. The number of ether oxygens (including phenoxy) is 7. The van der Waals surface area contributed by atoms with Gasteiger partial charge in [-0.2, -0.15) is 0 Å². The zero-order valence-corrected chi connectivity index (χ0v) is 20.9. The Kier molecular flexibility index (Phi) is 11.3. The first-order chi connectivity index (χ1) is 17.5. The van der Waals surface area contributed by atoms with Crippen LogP contribution in [-0.2, 0) is 33.2 Å². The van der Waals surface area contributed by atoms with Gasteiger partial charge >= 0.3 is 36.6 Å². The van der Waals surface area contributed by atoms with Gasteiger partial charge in [0.1, 0.15) is 0 Å². The summed E-state index contributed by atoms with van der Waals surface area (Å²) in [5.74, 6) is -5.28. The number of rotatable bonds is 8. The summed E-state index contributed by atoms with van der Waals surface area (Å²) in [4.78, 5) is 72.9. The van der Waals surface area contributed by atoms with E-state index in [0.29, 0.717) is 0 Å². The molecular formula is C18H30N6O13. The summed E-state index contributed by atoms with van der Waals surface area (Å²) in [7, 11) is 7.13. The van der Waals surface area contributed by atoms with Crippen molar-refractivity contribution in [2.75, 3.05) is 55.5 Å². The summed E-state index contributed by atoms with van der Waals surface area (Å²) in [5, 5.41) is 12.8. The van der Waals surface area contributed by atoms with Crippen LogP contribution in [0.1, 0.15) is 0 Å². The maximum Gasteiger partial charge on any atom is 0.409 e. The summed E-state index contributed by atoms with van der Waals surface area (Å²) in [5.41, 5.74) is 0. The fourth-order valence-electron chi connectivity index (χ4n) is 2.85. The van der Waals surface area contributed by atoms with Crippen LogP contribution in [0.4, 0.5) is 28.8 Å². The van der Waals surface area contributed by atoms with E-state index in [2.05, 4.69) is 31.9 Å². The lowest BCUT2D eigenvalue weighted by Gasteiger charge is -2.33. The molecule has 0 saturated carbocycles. The van der Waals surface area contributed by atoms with Gasteiger partial charge in [-0.05, 0) is 0 Å². The molecule has 37 heavy (non-hydrogen) atoms. The van der Waals surface area contributed by atoms with Gasteiger partial charge in [-0.3, -0.25) is 4.74 Å². The first-order valence-electron chi connectivity index (χ1n) is 10.4. The van der Waals surface area contributed by atoms with Gasteiger partial charge in [-0.1, -0.05) is 0 Å². The normalized spacial score (nSPS) is 23.8. The molecule has 4 unspecified atom stereocenters. The van der Waals surface area contributed by atoms with E-state index in [-0.39, 0.29) is 0 Å². The minimum absolute atomic E-state index is 1.01. The predicted molar refractivity (Wildman–Crippen MR) is 117 cm³/mol. The number of nitrogens with one attached hydrogen (secondary N) is 6. The maximum absolute atomic E-state index is 12.3. The number of hydrogen-bond acceptors (Lipinski definition) is 13. The average molecular weight is 538 g/mol. The van der Waals surface area contributed by atoms with Crippen LogP contribution in [0.5, 0.6) is 0 Å². The highest BCUT2D eigenvalue weighted by Gasteiger charge is 2.73. The molecule has 4 atom stereocenters. The molecular weight excluding hydrogens is 508 g/mol. The van der Waals surface area contributed by atoms with E-state index < -0.39 is 73.6 Å². The number of carbonyl (C=O) groups excluding carboxylic acids is 6. The lowest BCUT2D eigenvalue weighted by molar-refractivity contribution is -0.317. The van der Waals surface area contributed by atoms with Gasteiger partial charge in [-0.15, -0.1) is 0 Å². The molecule has 0 aromatic rings. The Balaban J connectivity index is 3.85. The van der Waals surface area contributed by atoms with Crippen molar-refractivity contribution in [3.63, 3.8) is 0 Å². The molecule has 0 bridgehead atoms. The van der Waals surface area contributed by atoms with Gasteiger partial charge in [0.15, 0.2) is 13.2 Å². The summed E-state index contributed by atoms with van der Waals surface area (Å²) in [6.45, 7) is -2.01. The van der Waals surface area contributed by atoms with Gasteiger partial charge in [-0.25, -0.2) is 28.8 Å². The van der Waals surface area contributed by atoms with Crippen molar-refractivity contribution in [3.05, 3.63) is 0 Å². The van der Waals surface area contributed by atoms with Crippen molar-refractivity contribution in [3.8, 4) is 0 Å². The predicted octanol–water partition coefficient (Wildman–Crippen LogP) is -1.72. The average Bonchev–Trinajstić information content (AvgIpc) is 3.13. The van der Waals surface area contributed by atoms with E-state index in [4.69, 9.17) is 33.2 Å². The molecule has 210 valence electrons. The van der Waals surface area contributed by atoms with E-state index in [9.17, 15) is 28.8 Å². The van der Waals surface area contributed by atoms with E-state index in [1.165, 1.54) is 42.3 Å². The van der Waals surface area contributed by atoms with Crippen molar-refractivity contribution in [1.82, 2.24) is 31.9 Å². The highest BCUT2D eigenvalue weighted by Crippen LogP contribution is 2.45. The standard InChI is InChI=1S/C18H30N6O13/c1-19-11(25)31-7-17(35-15(29)23-5)9(33-13(27)21-3)10(34-14(28)22-4)18(37-17,36-16(30)24-6)8-32-12(26)20-2/h9-10H,7-8H2,1-6H3,(H,19,25)(H,20,26)(H,21,27)(H,22,28)(H,23,29)(H,24,30). The zero-order chi connectivity index (χ0) is 28.2. The number of alkyl carbamates (subject to hydrolysis) is 6. The Morgan fingerprint density at radius 1 is 0.541 bits per heavy atom. The first kappa shape index (κ1) is 30.6. The Bertz CT molecular complexity index is 805. The van der Waals surface area contributed by atoms with Crippen LogP contribution in [0.2, 0.25) is 0 Å². The second-order valence-corrected chi connectivity index (χ2v) is 6.81. The molecule has 0 spiro atoms. The third-order valence-electron chi connectivity index (χ3n) is 4.52. The fraction of sp³-hybridized carbons (Fsp3) is 0.667. The second kappa shape index (κ2) is 13.6. The molecule has 1 saturated heterocycles. The molecule has 6 N–H and O–H groups in total. The highest BCUT2D eigenvalue weighted by molar-refractivity contribution is 5.71. The topological polar surface area (TPSA) is 239 Å². The minimum Gasteiger partial charge on any atom is -0.442 e. The smallest absolute Gasteiger partial charge is 0.409 e. The van der Waals surface area contributed by atoms with Crippen molar-refractivity contribution in [2.45, 2.75) is 23.8 Å². The first-order valence-corrected chi connectivity index (χ1v) is 10.4. The molecule has 0 aliphatic carbocycles. The number of carbonyl (C=O) groups is 6. The zero-order valence-electron chi connectivity index (χ0n) is 20.9. The molecule has 6 amide bonds. The van der Waals surface area contributed by atoms with Crippen LogP contribution < -0.4 is 31.9 Å². The Labute approximate surface area is 210 Å². The summed E-state index contributed by atoms with van der Waals surface area (Å²) >= 11 is 0. The molecule has 0 aromatic heterocycles. The monoisotopic (exact) mass is 538 g/mol. The van der Waals surface area contributed by atoms with E-state index in [1.807, 2.05) is 0 Å². The van der Waals surface area contributed by atoms with Gasteiger partial charge in [0.05, 0.1) is 0 Å². The van der Waals surface area contributed by atoms with Crippen LogP contribution in [0.15, 0.2) is 0 Å². The number of amides is 6. The third-order valence-corrected chi connectivity index (χ3v) is 4.52. The lowest BCUT2D eigenvalue weighted by Crippen LogP contribution is -2.56. The number of hydrogen-bond donors (Lipinski definition) is 6. The molecule has 1 fully saturated rings. The quantitative estimate of drug-likeness (QED) is 0.189. The Morgan fingerprint density at radius 2 is 0.838 bits per heavy atom. The summed E-state index contributed by atoms with van der Waals surface area (Å²) in [6, 6.07) is 0. The molecule has 1 aliphatic rings. The van der Waals surface area contributed by atoms with Crippen LogP contribution >= 0.6 is 0 Å². The molecule has 0 radical (unpaired) electrons. The third kappa shape index (κ3) is 7.78. The van der Waals surface area contributed by atoms with Crippen LogP contribution in [0.3, 0.4) is 0 Å². The second-order valence-electron chi connectivity index (χ2n) is 6.81. The van der Waals surface area contributed by atoms with Gasteiger partial charge in [0.25, 0.3) is 11.6 Å². The van der Waals surface area contributed by atoms with Crippen LogP contribution in [0, 0.1) is 0 Å². The van der Waals surface area contributed by atoms with E-state index in [1.54, 1.807) is 0 Å². The van der Waals surface area contributed by atoms with Gasteiger partial charge in [0, 0.05) is 42.3 Å². The molecule has 19 nitrogen and oxygen atoms in total. The Morgan fingerprint density at radius 3 is 1.11 bits per heavy atom. The van der Waals surface area contributed by atoms with E-state index >= 15 is 0 Å². The minimum atomic E-state index is -2.64. The van der Waals surface area contributed by atoms with Crippen molar-refractivity contribution in [2.24, 2.45) is 0 Å². The van der Waals surface area contributed by atoms with Gasteiger partial charge in [0.2, 0.25) is 12.2 Å². The van der Waals surface area contributed by atoms with Crippen LogP contribution in [-0.4, -0.2) is 116 Å². The van der Waals surface area contributed by atoms with Gasteiger partial charge < -0.3 is 60.3 Å². The fourth-order valence-corrected chi connectivity index (χ4v) is 2.85. The van der Waals surface area contributed by atoms with Crippen molar-refractivity contribution < 1.29 is 61.9 Å². The molecule has 1 rings (SSSR count). The summed E-state index contributed by atoms with van der Waals surface area (Å²) < 4.78 is 36.9. The molecule has 19 heteroatoms. The SMILES string of the molecule is CNC(=O)OCC1(OC(=O)NC)OC(COC(=O)NC)(OC(=O)NC)C(OC(=O)NC)C1OC(=O)NC. The van der Waals surface area contributed by atoms with E-state index in [0.717, 1.165) is 0 Å². The largest absolute Gasteiger partial charge is 0.442 e. The summed E-state index contributed by atoms with van der Waals surface area (Å²) in [6.07, 6.45) is -10.8. The van der Waals surface area contributed by atoms with Crippen molar-refractivity contribution in [1.29, 1.82) is 0 Å². The molecule has 0 aromatic carbocycles. The molecule has 1 heterocycles. The van der Waals surface area contributed by atoms with Crippen molar-refractivity contribution >= 4 is 36.6 Å². The van der Waals surface area contributed by atoms with Crippen LogP contribution in [0.25, 0.3) is 0 Å². The lowest BCUT2D eigenvalue weighted by atomic mass is 10.0. The Hall–Kier alpha value is -4.42. The highest BCUT2D eigenvalue weighted by atomic mass is 16.9.